The summed E-state index contributed by atoms with van der Waals surface area (Å²) in [5, 5.41) is 10.6. The summed E-state index contributed by atoms with van der Waals surface area (Å²) in [6, 6.07) is 0. The van der Waals surface area contributed by atoms with Gasteiger partial charge in [0.15, 0.2) is 12.2 Å². The molecule has 0 fully saturated rings. The minimum Gasteiger partial charge on any atom is -0.462 e. The lowest BCUT2D eigenvalue weighted by molar-refractivity contribution is -0.161. The number of rotatable bonds is 82. The monoisotopic (exact) mass is 1490 g/mol. The van der Waals surface area contributed by atoms with Crippen molar-refractivity contribution < 1.29 is 80.2 Å². The quantitative estimate of drug-likeness (QED) is 0.0222. The van der Waals surface area contributed by atoms with Gasteiger partial charge >= 0.3 is 39.5 Å². The van der Waals surface area contributed by atoms with Crippen molar-refractivity contribution in [2.75, 3.05) is 39.6 Å². The van der Waals surface area contributed by atoms with Crippen molar-refractivity contribution in [2.45, 2.75) is 458 Å². The third-order valence-corrected chi connectivity index (χ3v) is 21.4. The number of ether oxygens (including phenoxy) is 4. The van der Waals surface area contributed by atoms with Gasteiger partial charge in [0, 0.05) is 25.7 Å². The van der Waals surface area contributed by atoms with Gasteiger partial charge in [0.25, 0.3) is 0 Å². The van der Waals surface area contributed by atoms with Gasteiger partial charge in [-0.3, -0.25) is 37.3 Å². The number of esters is 4. The summed E-state index contributed by atoms with van der Waals surface area (Å²) in [5.74, 6) is -0.494. The molecule has 0 rings (SSSR count). The second kappa shape index (κ2) is 74.5. The maximum absolute atomic E-state index is 13.1. The molecular formula is C83H162O17P2. The minimum atomic E-state index is -4.96. The van der Waals surface area contributed by atoms with Crippen LogP contribution in [0.25, 0.3) is 0 Å². The molecular weight excluding hydrogens is 1330 g/mol. The number of unbranched alkanes of at least 4 members (excludes halogenated alkanes) is 52. The largest absolute Gasteiger partial charge is 0.472 e. The van der Waals surface area contributed by atoms with Crippen LogP contribution in [0.4, 0.5) is 0 Å². The Kier molecular flexibility index (Phi) is 73.1. The van der Waals surface area contributed by atoms with E-state index in [1.165, 1.54) is 244 Å². The summed E-state index contributed by atoms with van der Waals surface area (Å²) in [6.45, 7) is 9.67. The van der Waals surface area contributed by atoms with E-state index in [0.29, 0.717) is 25.7 Å². The van der Waals surface area contributed by atoms with Crippen molar-refractivity contribution in [3.8, 4) is 0 Å². The van der Waals surface area contributed by atoms with Crippen molar-refractivity contribution in [3.05, 3.63) is 0 Å². The van der Waals surface area contributed by atoms with Gasteiger partial charge in [-0.25, -0.2) is 9.13 Å². The van der Waals surface area contributed by atoms with Crippen molar-refractivity contribution in [1.29, 1.82) is 0 Å². The van der Waals surface area contributed by atoms with Crippen LogP contribution < -0.4 is 0 Å². The van der Waals surface area contributed by atoms with Crippen molar-refractivity contribution in [3.63, 3.8) is 0 Å². The van der Waals surface area contributed by atoms with E-state index in [0.717, 1.165) is 115 Å². The molecule has 0 aliphatic carbocycles. The first-order valence-corrected chi connectivity index (χ1v) is 46.0. The molecule has 0 heterocycles. The SMILES string of the molecule is CCCCCCCCCCCCCCCCCCCCC(=O)O[C@H](COC(=O)CCCCCCCCC)COP(=O)(O)OC[C@H](O)COP(=O)(O)OC[C@@H](COC(=O)CCCCCCCCCCCCCCCCCC(C)C)OC(=O)CCCCCCCCCCCCCCCCCCC(C)C. The molecule has 0 amide bonds. The molecule has 0 bridgehead atoms. The van der Waals surface area contributed by atoms with E-state index >= 15 is 0 Å². The first-order chi connectivity index (χ1) is 49.4. The van der Waals surface area contributed by atoms with Crippen LogP contribution in [-0.4, -0.2) is 96.7 Å². The van der Waals surface area contributed by atoms with Gasteiger partial charge in [-0.2, -0.15) is 0 Å². The Balaban J connectivity index is 5.17. The molecule has 0 aromatic heterocycles. The molecule has 102 heavy (non-hydrogen) atoms. The third-order valence-electron chi connectivity index (χ3n) is 19.5. The molecule has 3 N–H and O–H groups in total. The summed E-state index contributed by atoms with van der Waals surface area (Å²) in [4.78, 5) is 73.0. The zero-order valence-corrected chi connectivity index (χ0v) is 68.7. The van der Waals surface area contributed by atoms with E-state index in [-0.39, 0.29) is 25.7 Å². The predicted molar refractivity (Wildman–Crippen MR) is 418 cm³/mol. The Hall–Kier alpha value is -1.94. The summed E-state index contributed by atoms with van der Waals surface area (Å²) in [5.41, 5.74) is 0. The van der Waals surface area contributed by atoms with Crippen LogP contribution in [0.3, 0.4) is 0 Å². The molecule has 0 radical (unpaired) electrons. The van der Waals surface area contributed by atoms with Gasteiger partial charge in [0.2, 0.25) is 0 Å². The van der Waals surface area contributed by atoms with Crippen LogP contribution in [0.2, 0.25) is 0 Å². The van der Waals surface area contributed by atoms with Crippen LogP contribution in [0.15, 0.2) is 0 Å². The molecule has 0 spiro atoms. The fourth-order valence-electron chi connectivity index (χ4n) is 12.9. The van der Waals surface area contributed by atoms with E-state index in [4.69, 9.17) is 37.0 Å². The average Bonchev–Trinajstić information content (AvgIpc) is 0.934. The molecule has 0 aliphatic rings. The molecule has 19 heteroatoms. The number of hydrogen-bond donors (Lipinski definition) is 3. The molecule has 0 aromatic carbocycles. The van der Waals surface area contributed by atoms with E-state index in [2.05, 4.69) is 41.5 Å². The first kappa shape index (κ1) is 100. The minimum absolute atomic E-state index is 0.108. The van der Waals surface area contributed by atoms with Gasteiger partial charge in [-0.1, -0.05) is 388 Å². The molecule has 2 unspecified atom stereocenters. The number of phosphoric ester groups is 2. The smallest absolute Gasteiger partial charge is 0.462 e. The van der Waals surface area contributed by atoms with Crippen LogP contribution in [-0.2, 0) is 65.4 Å². The number of aliphatic hydroxyl groups is 1. The van der Waals surface area contributed by atoms with Gasteiger partial charge in [0.1, 0.15) is 19.3 Å². The van der Waals surface area contributed by atoms with E-state index in [9.17, 15) is 43.2 Å². The Bertz CT molecular complexity index is 1960. The van der Waals surface area contributed by atoms with Gasteiger partial charge in [-0.05, 0) is 37.5 Å². The molecule has 606 valence electrons. The van der Waals surface area contributed by atoms with E-state index < -0.39 is 97.5 Å². The number of hydrogen-bond acceptors (Lipinski definition) is 15. The number of carbonyl (C=O) groups is 4. The van der Waals surface area contributed by atoms with Crippen LogP contribution in [0, 0.1) is 11.8 Å². The molecule has 0 aromatic rings. The second-order valence-corrected chi connectivity index (χ2v) is 33.7. The highest BCUT2D eigenvalue weighted by Gasteiger charge is 2.30. The Morgan fingerprint density at radius 3 is 0.667 bits per heavy atom. The Morgan fingerprint density at radius 1 is 0.265 bits per heavy atom. The van der Waals surface area contributed by atoms with Crippen LogP contribution in [0.1, 0.15) is 440 Å². The lowest BCUT2D eigenvalue weighted by Gasteiger charge is -2.21. The normalized spacial score (nSPS) is 13.9. The zero-order valence-electron chi connectivity index (χ0n) is 66.9. The Morgan fingerprint density at radius 2 is 0.451 bits per heavy atom. The van der Waals surface area contributed by atoms with Gasteiger partial charge < -0.3 is 33.8 Å². The average molecular weight is 1490 g/mol. The first-order valence-electron chi connectivity index (χ1n) is 43.0. The van der Waals surface area contributed by atoms with Crippen molar-refractivity contribution in [2.24, 2.45) is 11.8 Å². The highest BCUT2D eigenvalue weighted by atomic mass is 31.2. The summed E-state index contributed by atoms with van der Waals surface area (Å²) < 4.78 is 68.7. The van der Waals surface area contributed by atoms with Crippen LogP contribution >= 0.6 is 15.6 Å². The maximum Gasteiger partial charge on any atom is 0.472 e. The Labute approximate surface area is 626 Å². The molecule has 0 saturated carbocycles. The fourth-order valence-corrected chi connectivity index (χ4v) is 14.5. The third kappa shape index (κ3) is 76.3. The summed E-state index contributed by atoms with van der Waals surface area (Å²) >= 11 is 0. The summed E-state index contributed by atoms with van der Waals surface area (Å²) in [7, 11) is -9.92. The standard InChI is InChI=1S/C83H162O17P2/c1-7-9-11-13-15-16-17-18-19-20-21-27-33-38-43-49-55-61-67-82(87)99-78(71-93-80(85)65-59-53-45-14-12-10-8-2)73-97-101(89,90)95-69-77(84)70-96-102(91,92)98-74-79(72-94-81(86)66-60-54-48-42-37-32-29-24-26-31-36-41-47-52-58-64-76(5)6)100-83(88)68-62-56-50-44-39-34-28-23-22-25-30-35-40-46-51-57-63-75(3)4/h75-79,84H,7-74H2,1-6H3,(H,89,90)(H,91,92)/t77-,78+,79+/m0/s1. The highest BCUT2D eigenvalue weighted by molar-refractivity contribution is 7.47. The van der Waals surface area contributed by atoms with E-state index in [1.807, 2.05) is 0 Å². The molecule has 0 aliphatic heterocycles. The lowest BCUT2D eigenvalue weighted by Crippen LogP contribution is -2.30. The predicted octanol–water partition coefficient (Wildman–Crippen LogP) is 25.1. The fraction of sp³-hybridized carbons (Fsp3) is 0.952. The zero-order chi connectivity index (χ0) is 74.9. The molecule has 0 saturated heterocycles. The summed E-state index contributed by atoms with van der Waals surface area (Å²) in [6.07, 6.45) is 65.4. The van der Waals surface area contributed by atoms with Crippen molar-refractivity contribution in [1.82, 2.24) is 0 Å². The lowest BCUT2D eigenvalue weighted by atomic mass is 10.0. The number of carbonyl (C=O) groups excluding carboxylic acids is 4. The molecule has 5 atom stereocenters. The van der Waals surface area contributed by atoms with Gasteiger partial charge in [-0.15, -0.1) is 0 Å². The maximum atomic E-state index is 13.1. The van der Waals surface area contributed by atoms with E-state index in [1.54, 1.807) is 0 Å². The second-order valence-electron chi connectivity index (χ2n) is 30.8. The van der Waals surface area contributed by atoms with Gasteiger partial charge in [0.05, 0.1) is 26.4 Å². The molecule has 17 nitrogen and oxygen atoms in total. The highest BCUT2D eigenvalue weighted by Crippen LogP contribution is 2.45. The topological polar surface area (TPSA) is 237 Å². The van der Waals surface area contributed by atoms with Crippen molar-refractivity contribution >= 4 is 39.5 Å². The number of phosphoric acid groups is 2. The van der Waals surface area contributed by atoms with Crippen LogP contribution in [0.5, 0.6) is 0 Å². The number of aliphatic hydroxyl groups excluding tert-OH is 1.